The molecule has 3 heterocycles. The number of rotatable bonds is 5. The van der Waals surface area contributed by atoms with Gasteiger partial charge in [-0.25, -0.2) is 0 Å². The number of aromatic amines is 1. The first-order valence-electron chi connectivity index (χ1n) is 9.17. The zero-order chi connectivity index (χ0) is 17.8. The third-order valence-electron chi connectivity index (χ3n) is 4.92. The first-order chi connectivity index (χ1) is 12.8. The highest BCUT2D eigenvalue weighted by molar-refractivity contribution is 5.93. The van der Waals surface area contributed by atoms with Crippen molar-refractivity contribution in [2.24, 2.45) is 0 Å². The Kier molecular flexibility index (Phi) is 4.93. The van der Waals surface area contributed by atoms with Crippen LogP contribution in [0.4, 0.5) is 5.69 Å². The Balaban J connectivity index is 1.35. The zero-order valence-corrected chi connectivity index (χ0v) is 14.7. The number of H-pyrrole nitrogens is 1. The van der Waals surface area contributed by atoms with Crippen molar-refractivity contribution in [1.82, 2.24) is 20.5 Å². The van der Waals surface area contributed by atoms with Gasteiger partial charge in [-0.05, 0) is 62.7 Å². The van der Waals surface area contributed by atoms with Gasteiger partial charge in [0.2, 0.25) is 5.91 Å². The molecule has 0 unspecified atom stereocenters. The fraction of sp³-hybridized carbons (Fsp3) is 0.350. The Labute approximate surface area is 152 Å². The van der Waals surface area contributed by atoms with Crippen LogP contribution in [0.15, 0.2) is 42.6 Å². The predicted molar refractivity (Wildman–Crippen MR) is 102 cm³/mol. The second-order valence-corrected chi connectivity index (χ2v) is 6.80. The summed E-state index contributed by atoms with van der Waals surface area (Å²) in [6.07, 6.45) is 5.09. The highest BCUT2D eigenvalue weighted by Gasteiger charge is 2.16. The Morgan fingerprint density at radius 3 is 2.96 bits per heavy atom. The minimum absolute atomic E-state index is 0.00177. The number of aryl methyl sites for hydroxylation is 1. The van der Waals surface area contributed by atoms with E-state index in [9.17, 15) is 4.79 Å². The summed E-state index contributed by atoms with van der Waals surface area (Å²) in [6.45, 7) is 2.11. The molecule has 1 aliphatic rings. The van der Waals surface area contributed by atoms with Crippen LogP contribution in [-0.4, -0.2) is 34.2 Å². The van der Waals surface area contributed by atoms with E-state index in [-0.39, 0.29) is 5.91 Å². The maximum Gasteiger partial charge on any atom is 0.224 e. The van der Waals surface area contributed by atoms with Crippen molar-refractivity contribution in [2.75, 3.05) is 18.4 Å². The maximum absolute atomic E-state index is 12.3. The Morgan fingerprint density at radius 1 is 1.19 bits per heavy atom. The molecule has 0 atom stereocenters. The van der Waals surface area contributed by atoms with Crippen LogP contribution in [0.25, 0.3) is 10.9 Å². The molecule has 134 valence electrons. The smallest absolute Gasteiger partial charge is 0.224 e. The first kappa shape index (κ1) is 16.7. The SMILES string of the molecule is O=C(CCc1cccc(C2CCNCC2)n1)Nc1ccc2[nH]ncc2c1. The fourth-order valence-electron chi connectivity index (χ4n) is 3.47. The number of pyridine rings is 1. The molecule has 26 heavy (non-hydrogen) atoms. The quantitative estimate of drug-likeness (QED) is 0.661. The summed E-state index contributed by atoms with van der Waals surface area (Å²) < 4.78 is 0. The molecule has 0 bridgehead atoms. The van der Waals surface area contributed by atoms with Gasteiger partial charge in [0, 0.05) is 34.8 Å². The number of piperidine rings is 1. The zero-order valence-electron chi connectivity index (χ0n) is 14.7. The largest absolute Gasteiger partial charge is 0.326 e. The van der Waals surface area contributed by atoms with Crippen LogP contribution in [0.2, 0.25) is 0 Å². The summed E-state index contributed by atoms with van der Waals surface area (Å²) in [7, 11) is 0. The van der Waals surface area contributed by atoms with Crippen LogP contribution >= 0.6 is 0 Å². The number of nitrogens with one attached hydrogen (secondary N) is 3. The van der Waals surface area contributed by atoms with E-state index in [1.807, 2.05) is 24.3 Å². The number of hydrogen-bond donors (Lipinski definition) is 3. The Hall–Kier alpha value is -2.73. The molecule has 0 spiro atoms. The number of amides is 1. The lowest BCUT2D eigenvalue weighted by Crippen LogP contribution is -2.27. The van der Waals surface area contributed by atoms with E-state index in [0.717, 1.165) is 53.9 Å². The van der Waals surface area contributed by atoms with Crippen molar-refractivity contribution in [2.45, 2.75) is 31.6 Å². The van der Waals surface area contributed by atoms with Crippen molar-refractivity contribution in [3.63, 3.8) is 0 Å². The lowest BCUT2D eigenvalue weighted by atomic mass is 9.94. The van der Waals surface area contributed by atoms with Gasteiger partial charge in [-0.1, -0.05) is 6.07 Å². The summed E-state index contributed by atoms with van der Waals surface area (Å²) in [6, 6.07) is 11.9. The normalized spacial score (nSPS) is 15.2. The molecule has 1 fully saturated rings. The number of nitrogens with zero attached hydrogens (tertiary/aromatic N) is 2. The average Bonchev–Trinajstić information content (AvgIpc) is 3.15. The van der Waals surface area contributed by atoms with Crippen LogP contribution in [-0.2, 0) is 11.2 Å². The third-order valence-corrected chi connectivity index (χ3v) is 4.92. The lowest BCUT2D eigenvalue weighted by Gasteiger charge is -2.22. The minimum Gasteiger partial charge on any atom is -0.326 e. The summed E-state index contributed by atoms with van der Waals surface area (Å²) in [5.41, 5.74) is 3.90. The van der Waals surface area contributed by atoms with Crippen molar-refractivity contribution in [3.8, 4) is 0 Å². The van der Waals surface area contributed by atoms with Gasteiger partial charge in [-0.3, -0.25) is 14.9 Å². The van der Waals surface area contributed by atoms with E-state index in [4.69, 9.17) is 4.98 Å². The second kappa shape index (κ2) is 7.66. The van der Waals surface area contributed by atoms with E-state index in [2.05, 4.69) is 33.0 Å². The lowest BCUT2D eigenvalue weighted by molar-refractivity contribution is -0.116. The molecule has 1 aromatic carbocycles. The van der Waals surface area contributed by atoms with Gasteiger partial charge >= 0.3 is 0 Å². The van der Waals surface area contributed by atoms with E-state index < -0.39 is 0 Å². The van der Waals surface area contributed by atoms with Gasteiger partial charge < -0.3 is 10.6 Å². The van der Waals surface area contributed by atoms with E-state index >= 15 is 0 Å². The molecule has 0 radical (unpaired) electrons. The number of benzene rings is 1. The second-order valence-electron chi connectivity index (χ2n) is 6.80. The summed E-state index contributed by atoms with van der Waals surface area (Å²) >= 11 is 0. The van der Waals surface area contributed by atoms with Crippen LogP contribution in [0.5, 0.6) is 0 Å². The number of carbonyl (C=O) groups is 1. The van der Waals surface area contributed by atoms with Crippen LogP contribution in [0, 0.1) is 0 Å². The first-order valence-corrected chi connectivity index (χ1v) is 9.17. The number of aromatic nitrogens is 3. The molecule has 1 saturated heterocycles. The molecule has 4 rings (SSSR count). The molecule has 0 saturated carbocycles. The fourth-order valence-corrected chi connectivity index (χ4v) is 3.47. The highest BCUT2D eigenvalue weighted by atomic mass is 16.1. The Morgan fingerprint density at radius 2 is 2.08 bits per heavy atom. The molecule has 1 amide bonds. The van der Waals surface area contributed by atoms with Crippen molar-refractivity contribution < 1.29 is 4.79 Å². The summed E-state index contributed by atoms with van der Waals surface area (Å²) in [5, 5.41) is 14.2. The number of anilines is 1. The number of hydrogen-bond acceptors (Lipinski definition) is 4. The van der Waals surface area contributed by atoms with Crippen molar-refractivity contribution >= 4 is 22.5 Å². The van der Waals surface area contributed by atoms with Gasteiger partial charge in [0.15, 0.2) is 0 Å². The predicted octanol–water partition coefficient (Wildman–Crippen LogP) is 3.00. The molecule has 2 aromatic heterocycles. The van der Waals surface area contributed by atoms with Gasteiger partial charge in [-0.15, -0.1) is 0 Å². The topological polar surface area (TPSA) is 82.7 Å². The van der Waals surface area contributed by atoms with E-state index in [1.165, 1.54) is 0 Å². The maximum atomic E-state index is 12.3. The molecular formula is C20H23N5O. The number of fused-ring (bicyclic) bond motifs is 1. The third kappa shape index (κ3) is 3.91. The number of carbonyl (C=O) groups excluding carboxylic acids is 1. The van der Waals surface area contributed by atoms with Crippen molar-refractivity contribution in [1.29, 1.82) is 0 Å². The molecule has 1 aliphatic heterocycles. The van der Waals surface area contributed by atoms with Crippen LogP contribution < -0.4 is 10.6 Å². The van der Waals surface area contributed by atoms with Gasteiger partial charge in [0.05, 0.1) is 11.7 Å². The summed E-state index contributed by atoms with van der Waals surface area (Å²) in [4.78, 5) is 17.1. The van der Waals surface area contributed by atoms with Crippen molar-refractivity contribution in [3.05, 3.63) is 54.0 Å². The van der Waals surface area contributed by atoms with Gasteiger partial charge in [-0.2, -0.15) is 5.10 Å². The summed E-state index contributed by atoms with van der Waals surface area (Å²) in [5.74, 6) is 0.536. The Bertz CT molecular complexity index is 898. The standard InChI is InChI=1S/C20H23N5O/c26-20(24-17-4-6-19-15(12-17)13-22-25-19)7-5-16-2-1-3-18(23-16)14-8-10-21-11-9-14/h1-4,6,12-14,21H,5,7-11H2,(H,22,25)(H,24,26). The average molecular weight is 349 g/mol. The highest BCUT2D eigenvalue weighted by Crippen LogP contribution is 2.23. The molecule has 6 heteroatoms. The molecular weight excluding hydrogens is 326 g/mol. The van der Waals surface area contributed by atoms with Gasteiger partial charge in [0.1, 0.15) is 0 Å². The van der Waals surface area contributed by atoms with Gasteiger partial charge in [0.25, 0.3) is 0 Å². The molecule has 3 N–H and O–H groups in total. The van der Waals surface area contributed by atoms with E-state index in [0.29, 0.717) is 18.8 Å². The minimum atomic E-state index is 0.00177. The molecule has 3 aromatic rings. The van der Waals surface area contributed by atoms with E-state index in [1.54, 1.807) is 6.20 Å². The van der Waals surface area contributed by atoms with Crippen LogP contribution in [0.1, 0.15) is 36.6 Å². The monoisotopic (exact) mass is 349 g/mol. The molecule has 6 nitrogen and oxygen atoms in total. The van der Waals surface area contributed by atoms with Crippen LogP contribution in [0.3, 0.4) is 0 Å². The molecule has 0 aliphatic carbocycles.